The van der Waals surface area contributed by atoms with Crippen LogP contribution in [0.4, 0.5) is 0 Å². The minimum Gasteiger partial charge on any atom is -0.410 e. The minimum absolute atomic E-state index is 0.139. The van der Waals surface area contributed by atoms with Gasteiger partial charge in [-0.05, 0) is 36.2 Å². The first-order chi connectivity index (χ1) is 13.0. The van der Waals surface area contributed by atoms with Gasteiger partial charge in [-0.2, -0.15) is 0 Å². The van der Waals surface area contributed by atoms with Crippen LogP contribution in [-0.4, -0.2) is 16.4 Å². The van der Waals surface area contributed by atoms with Crippen molar-refractivity contribution in [2.24, 2.45) is 0 Å². The summed E-state index contributed by atoms with van der Waals surface area (Å²) in [6, 6.07) is 22.9. The molecule has 2 aromatic rings. The molecule has 0 saturated heterocycles. The fourth-order valence-electron chi connectivity index (χ4n) is 3.06. The van der Waals surface area contributed by atoms with E-state index in [1.54, 1.807) is 0 Å². The molecule has 0 aromatic heterocycles. The molecule has 0 radical (unpaired) electrons. The average molecular weight is 411 g/mol. The van der Waals surface area contributed by atoms with E-state index >= 15 is 0 Å². The number of hydrogen-bond donors (Lipinski definition) is 0. The van der Waals surface area contributed by atoms with Crippen molar-refractivity contribution in [3.8, 4) is 0 Å². The first-order valence-corrected chi connectivity index (χ1v) is 16.6. The van der Waals surface area contributed by atoms with Crippen LogP contribution in [0.1, 0.15) is 38.9 Å². The van der Waals surface area contributed by atoms with E-state index in [0.29, 0.717) is 0 Å². The lowest BCUT2D eigenvalue weighted by Gasteiger charge is -2.39. The third-order valence-electron chi connectivity index (χ3n) is 6.11. The largest absolute Gasteiger partial charge is 0.410 e. The molecular formula is C25H38OSi2. The molecule has 152 valence electrons. The van der Waals surface area contributed by atoms with Gasteiger partial charge in [0.15, 0.2) is 8.32 Å². The Labute approximate surface area is 175 Å². The fraction of sp³-hybridized carbons (Fsp3) is 0.440. The van der Waals surface area contributed by atoms with Gasteiger partial charge in [0.25, 0.3) is 0 Å². The molecule has 0 aliphatic carbocycles. The highest BCUT2D eigenvalue weighted by molar-refractivity contribution is 6.90. The molecule has 1 nitrogen and oxygen atoms in total. The SMILES string of the molecule is CC(C)(C)[Si](C)(C)OC(C/C=C\C[Si](C)(C)c1ccccc1)c1ccccc1. The molecule has 1 atom stereocenters. The molecule has 0 amide bonds. The third-order valence-corrected chi connectivity index (χ3v) is 13.8. The highest BCUT2D eigenvalue weighted by Gasteiger charge is 2.39. The summed E-state index contributed by atoms with van der Waals surface area (Å²) in [6.07, 6.45) is 5.82. The van der Waals surface area contributed by atoms with Crippen molar-refractivity contribution >= 4 is 21.6 Å². The molecule has 2 rings (SSSR count). The monoisotopic (exact) mass is 410 g/mol. The Morgan fingerprint density at radius 2 is 1.36 bits per heavy atom. The molecule has 0 aliphatic rings. The predicted molar refractivity (Wildman–Crippen MR) is 130 cm³/mol. The molecule has 0 saturated carbocycles. The second-order valence-electron chi connectivity index (χ2n) is 9.94. The van der Waals surface area contributed by atoms with Gasteiger partial charge in [-0.15, -0.1) is 0 Å². The molecule has 0 bridgehead atoms. The van der Waals surface area contributed by atoms with Crippen molar-refractivity contribution in [3.05, 3.63) is 78.4 Å². The van der Waals surface area contributed by atoms with Crippen LogP contribution in [0.3, 0.4) is 0 Å². The maximum absolute atomic E-state index is 6.80. The Bertz CT molecular complexity index is 743. The molecule has 0 spiro atoms. The number of benzene rings is 2. The molecular weight excluding hydrogens is 372 g/mol. The summed E-state index contributed by atoms with van der Waals surface area (Å²) in [5, 5.41) is 1.74. The zero-order valence-corrected chi connectivity index (χ0v) is 20.8. The van der Waals surface area contributed by atoms with Crippen molar-refractivity contribution in [3.63, 3.8) is 0 Å². The van der Waals surface area contributed by atoms with Crippen LogP contribution in [0.2, 0.25) is 37.3 Å². The minimum atomic E-state index is -1.83. The van der Waals surface area contributed by atoms with Gasteiger partial charge in [-0.3, -0.25) is 0 Å². The second kappa shape index (κ2) is 9.38. The average Bonchev–Trinajstić information content (AvgIpc) is 2.64. The first-order valence-electron chi connectivity index (χ1n) is 10.5. The normalized spacial score (nSPS) is 14.4. The first kappa shape index (κ1) is 22.9. The van der Waals surface area contributed by atoms with Crippen LogP contribution >= 0.6 is 0 Å². The molecule has 0 heterocycles. The highest BCUT2D eigenvalue weighted by Crippen LogP contribution is 2.40. The van der Waals surface area contributed by atoms with Gasteiger partial charge in [0.05, 0.1) is 14.2 Å². The van der Waals surface area contributed by atoms with Crippen LogP contribution in [0.5, 0.6) is 0 Å². The van der Waals surface area contributed by atoms with Crippen LogP contribution in [0.25, 0.3) is 0 Å². The summed E-state index contributed by atoms with van der Waals surface area (Å²) >= 11 is 0. The van der Waals surface area contributed by atoms with Gasteiger partial charge in [-0.1, -0.05) is 112 Å². The van der Waals surface area contributed by atoms with Gasteiger partial charge < -0.3 is 4.43 Å². The second-order valence-corrected chi connectivity index (χ2v) is 19.4. The predicted octanol–water partition coefficient (Wildman–Crippen LogP) is 7.31. The van der Waals surface area contributed by atoms with E-state index < -0.39 is 16.4 Å². The molecule has 2 aromatic carbocycles. The third kappa shape index (κ3) is 6.30. The smallest absolute Gasteiger partial charge is 0.192 e. The van der Waals surface area contributed by atoms with Crippen molar-refractivity contribution in [1.82, 2.24) is 0 Å². The van der Waals surface area contributed by atoms with E-state index in [-0.39, 0.29) is 11.1 Å². The zero-order valence-electron chi connectivity index (χ0n) is 18.8. The number of rotatable bonds is 8. The van der Waals surface area contributed by atoms with Crippen LogP contribution < -0.4 is 5.19 Å². The van der Waals surface area contributed by atoms with Gasteiger partial charge in [0.1, 0.15) is 0 Å². The Balaban J connectivity index is 2.10. The maximum atomic E-state index is 6.80. The molecule has 28 heavy (non-hydrogen) atoms. The van der Waals surface area contributed by atoms with E-state index in [1.165, 1.54) is 16.8 Å². The topological polar surface area (TPSA) is 9.23 Å². The fourth-order valence-corrected chi connectivity index (χ4v) is 6.44. The van der Waals surface area contributed by atoms with Crippen molar-refractivity contribution < 1.29 is 4.43 Å². The van der Waals surface area contributed by atoms with Crippen molar-refractivity contribution in [2.75, 3.05) is 0 Å². The number of allylic oxidation sites excluding steroid dienone is 1. The van der Waals surface area contributed by atoms with Crippen molar-refractivity contribution in [1.29, 1.82) is 0 Å². The van der Waals surface area contributed by atoms with Gasteiger partial charge in [0.2, 0.25) is 0 Å². The van der Waals surface area contributed by atoms with Gasteiger partial charge >= 0.3 is 0 Å². The summed E-state index contributed by atoms with van der Waals surface area (Å²) in [4.78, 5) is 0. The lowest BCUT2D eigenvalue weighted by Crippen LogP contribution is -2.41. The summed E-state index contributed by atoms with van der Waals surface area (Å²) in [5.74, 6) is 0. The highest BCUT2D eigenvalue weighted by atomic mass is 28.4. The summed E-state index contributed by atoms with van der Waals surface area (Å²) < 4.78 is 6.80. The zero-order chi connectivity index (χ0) is 20.8. The van der Waals surface area contributed by atoms with Crippen molar-refractivity contribution in [2.45, 2.75) is 70.6 Å². The lowest BCUT2D eigenvalue weighted by molar-refractivity contribution is 0.186. The summed E-state index contributed by atoms with van der Waals surface area (Å²) in [6.45, 7) is 16.5. The maximum Gasteiger partial charge on any atom is 0.192 e. The molecule has 1 unspecified atom stereocenters. The van der Waals surface area contributed by atoms with Gasteiger partial charge in [-0.25, -0.2) is 0 Å². The Morgan fingerprint density at radius 3 is 1.89 bits per heavy atom. The molecule has 3 heteroatoms. The van der Waals surface area contributed by atoms with Crippen LogP contribution in [-0.2, 0) is 4.43 Å². The number of hydrogen-bond acceptors (Lipinski definition) is 1. The standard InChI is InChI=1S/C25H38OSi2/c1-25(2,3)28(6,7)26-24(22-16-10-8-11-17-22)20-14-15-21-27(4,5)23-18-12-9-13-19-23/h8-19,24H,20-21H2,1-7H3/b15-14-. The summed E-state index contributed by atoms with van der Waals surface area (Å²) in [5.41, 5.74) is 1.29. The van der Waals surface area contributed by atoms with E-state index in [2.05, 4.69) is 120 Å². The van der Waals surface area contributed by atoms with Crippen LogP contribution in [0.15, 0.2) is 72.8 Å². The van der Waals surface area contributed by atoms with E-state index in [9.17, 15) is 0 Å². The lowest BCUT2D eigenvalue weighted by atomic mass is 10.1. The van der Waals surface area contributed by atoms with E-state index in [4.69, 9.17) is 4.43 Å². The van der Waals surface area contributed by atoms with E-state index in [0.717, 1.165) is 6.42 Å². The molecule has 0 fully saturated rings. The Hall–Kier alpha value is -1.43. The Kier molecular flexibility index (Phi) is 7.66. The quantitative estimate of drug-likeness (QED) is 0.327. The summed E-state index contributed by atoms with van der Waals surface area (Å²) in [7, 11) is -3.25. The van der Waals surface area contributed by atoms with Gasteiger partial charge in [0, 0.05) is 0 Å². The molecule has 0 aliphatic heterocycles. The van der Waals surface area contributed by atoms with E-state index in [1.807, 2.05) is 0 Å². The van der Waals surface area contributed by atoms with Crippen LogP contribution in [0, 0.1) is 0 Å². The Morgan fingerprint density at radius 1 is 0.821 bits per heavy atom. The molecule has 0 N–H and O–H groups in total.